The Bertz CT molecular complexity index is 178. The maximum absolute atomic E-state index is 11.0. The number of ether oxygens (including phenoxy) is 1. The summed E-state index contributed by atoms with van der Waals surface area (Å²) in [7, 11) is 0. The van der Waals surface area contributed by atoms with Gasteiger partial charge in [-0.2, -0.15) is 0 Å². The first-order valence-electron chi connectivity index (χ1n) is 4.48. The number of carbonyl (C=O) groups is 1. The van der Waals surface area contributed by atoms with Crippen molar-refractivity contribution in [2.24, 2.45) is 5.92 Å². The zero-order valence-corrected chi connectivity index (χ0v) is 7.08. The number of nitrogens with one attached hydrogen (secondary N) is 1. The van der Waals surface area contributed by atoms with E-state index in [-0.39, 0.29) is 6.09 Å². The molecule has 0 aliphatic carbocycles. The average molecular weight is 170 g/mol. The molecule has 4 nitrogen and oxygen atoms in total. The van der Waals surface area contributed by atoms with Crippen molar-refractivity contribution in [1.29, 1.82) is 0 Å². The van der Waals surface area contributed by atoms with E-state index in [1.807, 2.05) is 0 Å². The summed E-state index contributed by atoms with van der Waals surface area (Å²) in [5, 5.41) is 3.28. The molecule has 0 saturated carbocycles. The highest BCUT2D eigenvalue weighted by Gasteiger charge is 2.26. The van der Waals surface area contributed by atoms with E-state index in [2.05, 4.69) is 5.32 Å². The Morgan fingerprint density at radius 1 is 1.67 bits per heavy atom. The minimum Gasteiger partial charge on any atom is -0.448 e. The van der Waals surface area contributed by atoms with Gasteiger partial charge in [-0.15, -0.1) is 0 Å². The van der Waals surface area contributed by atoms with Crippen LogP contribution in [-0.2, 0) is 4.74 Å². The molecule has 2 aliphatic heterocycles. The third-order valence-corrected chi connectivity index (χ3v) is 2.49. The molecule has 12 heavy (non-hydrogen) atoms. The summed E-state index contributed by atoms with van der Waals surface area (Å²) in [5.41, 5.74) is 0. The van der Waals surface area contributed by atoms with Gasteiger partial charge >= 0.3 is 6.09 Å². The number of hydrogen-bond donors (Lipinski definition) is 1. The summed E-state index contributed by atoms with van der Waals surface area (Å²) in [6.07, 6.45) is 1.05. The fourth-order valence-electron chi connectivity index (χ4n) is 1.77. The molecule has 0 aromatic carbocycles. The third-order valence-electron chi connectivity index (χ3n) is 2.49. The molecule has 2 rings (SSSR count). The van der Waals surface area contributed by atoms with Gasteiger partial charge in [0.05, 0.1) is 6.54 Å². The van der Waals surface area contributed by atoms with Crippen LogP contribution in [0.1, 0.15) is 6.42 Å². The minimum atomic E-state index is -0.137. The summed E-state index contributed by atoms with van der Waals surface area (Å²) in [6.45, 7) is 4.34. The van der Waals surface area contributed by atoms with Gasteiger partial charge < -0.3 is 15.0 Å². The number of carbonyl (C=O) groups excluding carboxylic acids is 1. The highest BCUT2D eigenvalue weighted by Crippen LogP contribution is 2.12. The highest BCUT2D eigenvalue weighted by molar-refractivity contribution is 5.69. The van der Waals surface area contributed by atoms with Crippen LogP contribution in [0.2, 0.25) is 0 Å². The Morgan fingerprint density at radius 3 is 3.17 bits per heavy atom. The first kappa shape index (κ1) is 7.86. The number of amides is 1. The normalized spacial score (nSPS) is 29.5. The van der Waals surface area contributed by atoms with Gasteiger partial charge in [0.25, 0.3) is 0 Å². The van der Waals surface area contributed by atoms with Crippen molar-refractivity contribution in [1.82, 2.24) is 10.2 Å². The lowest BCUT2D eigenvalue weighted by Crippen LogP contribution is -2.31. The molecule has 0 bridgehead atoms. The van der Waals surface area contributed by atoms with Crippen molar-refractivity contribution in [2.75, 3.05) is 32.8 Å². The molecule has 2 fully saturated rings. The van der Waals surface area contributed by atoms with Crippen molar-refractivity contribution in [3.8, 4) is 0 Å². The zero-order chi connectivity index (χ0) is 8.39. The van der Waals surface area contributed by atoms with E-state index in [9.17, 15) is 4.79 Å². The van der Waals surface area contributed by atoms with Crippen LogP contribution in [0, 0.1) is 5.92 Å². The molecular formula is C8H14N2O2. The lowest BCUT2D eigenvalue weighted by molar-refractivity contribution is 0.155. The Kier molecular flexibility index (Phi) is 2.17. The van der Waals surface area contributed by atoms with Crippen molar-refractivity contribution in [3.05, 3.63) is 0 Å². The average Bonchev–Trinajstić information content (AvgIpc) is 2.65. The second-order valence-electron chi connectivity index (χ2n) is 3.42. The Labute approximate surface area is 71.9 Å². The smallest absolute Gasteiger partial charge is 0.409 e. The van der Waals surface area contributed by atoms with Crippen LogP contribution in [-0.4, -0.2) is 43.8 Å². The molecule has 0 unspecified atom stereocenters. The van der Waals surface area contributed by atoms with Crippen LogP contribution in [0.3, 0.4) is 0 Å². The fraction of sp³-hybridized carbons (Fsp3) is 0.875. The van der Waals surface area contributed by atoms with Gasteiger partial charge in [-0.1, -0.05) is 0 Å². The van der Waals surface area contributed by atoms with Crippen LogP contribution in [0.25, 0.3) is 0 Å². The van der Waals surface area contributed by atoms with E-state index in [1.54, 1.807) is 4.90 Å². The molecule has 68 valence electrons. The van der Waals surface area contributed by atoms with Crippen molar-refractivity contribution in [2.45, 2.75) is 6.42 Å². The molecule has 0 aromatic rings. The van der Waals surface area contributed by atoms with Gasteiger partial charge in [-0.3, -0.25) is 0 Å². The van der Waals surface area contributed by atoms with E-state index >= 15 is 0 Å². The number of nitrogens with zero attached hydrogens (tertiary/aromatic N) is 1. The van der Waals surface area contributed by atoms with Gasteiger partial charge in [-0.25, -0.2) is 4.79 Å². The van der Waals surface area contributed by atoms with E-state index in [0.29, 0.717) is 12.5 Å². The summed E-state index contributed by atoms with van der Waals surface area (Å²) in [6, 6.07) is 0. The molecule has 0 spiro atoms. The van der Waals surface area contributed by atoms with Gasteiger partial charge in [0.15, 0.2) is 0 Å². The van der Waals surface area contributed by atoms with Crippen molar-refractivity contribution >= 4 is 6.09 Å². The molecule has 2 aliphatic rings. The van der Waals surface area contributed by atoms with E-state index in [1.165, 1.54) is 6.42 Å². The topological polar surface area (TPSA) is 41.6 Å². The Morgan fingerprint density at radius 2 is 2.58 bits per heavy atom. The summed E-state index contributed by atoms with van der Waals surface area (Å²) in [5.74, 6) is 0.635. The molecule has 2 heterocycles. The van der Waals surface area contributed by atoms with Gasteiger partial charge in [-0.05, 0) is 25.4 Å². The van der Waals surface area contributed by atoms with E-state index in [0.717, 1.165) is 26.2 Å². The number of hydrogen-bond acceptors (Lipinski definition) is 3. The summed E-state index contributed by atoms with van der Waals surface area (Å²) >= 11 is 0. The van der Waals surface area contributed by atoms with Crippen molar-refractivity contribution in [3.63, 3.8) is 0 Å². The van der Waals surface area contributed by atoms with E-state index in [4.69, 9.17) is 4.74 Å². The van der Waals surface area contributed by atoms with Gasteiger partial charge in [0.2, 0.25) is 0 Å². The predicted octanol–water partition coefficient (Wildman–Crippen LogP) is 0.0481. The van der Waals surface area contributed by atoms with Crippen LogP contribution in [0.15, 0.2) is 0 Å². The molecular weight excluding hydrogens is 156 g/mol. The largest absolute Gasteiger partial charge is 0.448 e. The SMILES string of the molecule is O=C1OCCN1C[C@H]1CCNC1. The first-order valence-corrected chi connectivity index (χ1v) is 4.48. The standard InChI is InChI=1S/C8H14N2O2/c11-8-10(3-4-12-8)6-7-1-2-9-5-7/h7,9H,1-6H2/t7-/m0/s1. The van der Waals surface area contributed by atoms with Gasteiger partial charge in [0, 0.05) is 6.54 Å². The lowest BCUT2D eigenvalue weighted by atomic mass is 10.1. The summed E-state index contributed by atoms with van der Waals surface area (Å²) in [4.78, 5) is 12.8. The van der Waals surface area contributed by atoms with Crippen LogP contribution in [0.4, 0.5) is 4.79 Å². The molecule has 0 aromatic heterocycles. The molecule has 1 N–H and O–H groups in total. The van der Waals surface area contributed by atoms with Crippen LogP contribution < -0.4 is 5.32 Å². The monoisotopic (exact) mass is 170 g/mol. The maximum Gasteiger partial charge on any atom is 0.409 e. The molecule has 1 atom stereocenters. The van der Waals surface area contributed by atoms with Crippen molar-refractivity contribution < 1.29 is 9.53 Å². The highest BCUT2D eigenvalue weighted by atomic mass is 16.6. The molecule has 2 saturated heterocycles. The second kappa shape index (κ2) is 3.31. The second-order valence-corrected chi connectivity index (χ2v) is 3.42. The molecule has 1 amide bonds. The molecule has 4 heteroatoms. The Hall–Kier alpha value is -0.770. The minimum absolute atomic E-state index is 0.137. The van der Waals surface area contributed by atoms with Crippen LogP contribution in [0.5, 0.6) is 0 Å². The number of rotatable bonds is 2. The first-order chi connectivity index (χ1) is 5.86. The fourth-order valence-corrected chi connectivity index (χ4v) is 1.77. The lowest BCUT2D eigenvalue weighted by Gasteiger charge is -2.16. The van der Waals surface area contributed by atoms with Gasteiger partial charge in [0.1, 0.15) is 6.61 Å². The maximum atomic E-state index is 11.0. The predicted molar refractivity (Wildman–Crippen MR) is 43.9 cm³/mol. The quantitative estimate of drug-likeness (QED) is 0.636. The Balaban J connectivity index is 1.81. The van der Waals surface area contributed by atoms with Crippen LogP contribution >= 0.6 is 0 Å². The molecule has 0 radical (unpaired) electrons. The van der Waals surface area contributed by atoms with E-state index < -0.39 is 0 Å². The third kappa shape index (κ3) is 1.53. The zero-order valence-electron chi connectivity index (χ0n) is 7.08. The number of cyclic esters (lactones) is 1. The summed E-state index contributed by atoms with van der Waals surface area (Å²) < 4.78 is 4.84.